The number of nitrogens with two attached hydrogens (primary N) is 1. The molecule has 1 aliphatic carbocycles. The second-order valence-corrected chi connectivity index (χ2v) is 5.51. The lowest BCUT2D eigenvalue weighted by atomic mass is 10.0. The summed E-state index contributed by atoms with van der Waals surface area (Å²) in [5.74, 6) is 0.101. The van der Waals surface area contributed by atoms with Gasteiger partial charge >= 0.3 is 0 Å². The van der Waals surface area contributed by atoms with Crippen LogP contribution < -0.4 is 5.73 Å². The van der Waals surface area contributed by atoms with E-state index in [1.165, 1.54) is 12.1 Å². The molecule has 0 aliphatic heterocycles. The maximum Gasteiger partial charge on any atom is 0.257 e. The fourth-order valence-corrected chi connectivity index (χ4v) is 2.99. The Morgan fingerprint density at radius 3 is 2.95 bits per heavy atom. The molecule has 4 nitrogen and oxygen atoms in total. The zero-order chi connectivity index (χ0) is 14.0. The van der Waals surface area contributed by atoms with Crippen LogP contribution in [-0.2, 0) is 0 Å². The molecule has 0 bridgehead atoms. The standard InChI is InChI=1S/C14H19ClN2O2/c1-17(12-4-2-3-9(12)8-16)14(19)11-7-10(15)5-6-13(11)18/h5-7,9,12,18H,2-4,8,16H2,1H3. The van der Waals surface area contributed by atoms with Gasteiger partial charge in [-0.25, -0.2) is 0 Å². The molecule has 5 heteroatoms. The molecule has 1 amide bonds. The zero-order valence-electron chi connectivity index (χ0n) is 11.0. The van der Waals surface area contributed by atoms with Crippen LogP contribution in [0.3, 0.4) is 0 Å². The van der Waals surface area contributed by atoms with Crippen molar-refractivity contribution >= 4 is 17.5 Å². The van der Waals surface area contributed by atoms with Crippen LogP contribution in [0.4, 0.5) is 0 Å². The Bertz CT molecular complexity index is 479. The van der Waals surface area contributed by atoms with Crippen LogP contribution in [0.5, 0.6) is 5.75 Å². The molecule has 0 heterocycles. The Labute approximate surface area is 118 Å². The minimum atomic E-state index is -0.203. The quantitative estimate of drug-likeness (QED) is 0.893. The third-order valence-corrected chi connectivity index (χ3v) is 4.16. The van der Waals surface area contributed by atoms with E-state index in [0.717, 1.165) is 19.3 Å². The molecule has 104 valence electrons. The number of benzene rings is 1. The third-order valence-electron chi connectivity index (χ3n) is 3.93. The van der Waals surface area contributed by atoms with Crippen LogP contribution in [0.2, 0.25) is 5.02 Å². The SMILES string of the molecule is CN(C(=O)c1cc(Cl)ccc1O)C1CCCC1CN. The number of carbonyl (C=O) groups excluding carboxylic acids is 1. The summed E-state index contributed by atoms with van der Waals surface area (Å²) in [5, 5.41) is 10.2. The van der Waals surface area contributed by atoms with E-state index in [0.29, 0.717) is 17.5 Å². The molecule has 3 N–H and O–H groups in total. The maximum atomic E-state index is 12.4. The number of aromatic hydroxyl groups is 1. The minimum Gasteiger partial charge on any atom is -0.507 e. The molecule has 1 aromatic rings. The van der Waals surface area contributed by atoms with Crippen LogP contribution in [0.25, 0.3) is 0 Å². The Morgan fingerprint density at radius 1 is 1.53 bits per heavy atom. The molecule has 0 aromatic heterocycles. The molecule has 1 saturated carbocycles. The Balaban J connectivity index is 2.21. The van der Waals surface area contributed by atoms with E-state index in [4.69, 9.17) is 17.3 Å². The molecule has 2 atom stereocenters. The smallest absolute Gasteiger partial charge is 0.257 e. The van der Waals surface area contributed by atoms with E-state index in [1.54, 1.807) is 18.0 Å². The second-order valence-electron chi connectivity index (χ2n) is 5.07. The van der Waals surface area contributed by atoms with Crippen molar-refractivity contribution in [2.45, 2.75) is 25.3 Å². The van der Waals surface area contributed by atoms with E-state index in [-0.39, 0.29) is 23.3 Å². The van der Waals surface area contributed by atoms with Gasteiger partial charge in [0.05, 0.1) is 5.56 Å². The fraction of sp³-hybridized carbons (Fsp3) is 0.500. The van der Waals surface area contributed by atoms with Crippen LogP contribution in [0.15, 0.2) is 18.2 Å². The Kier molecular flexibility index (Phi) is 4.32. The molecule has 2 unspecified atom stereocenters. The lowest BCUT2D eigenvalue weighted by molar-refractivity contribution is 0.0697. The van der Waals surface area contributed by atoms with E-state index < -0.39 is 0 Å². The highest BCUT2D eigenvalue weighted by atomic mass is 35.5. The predicted octanol–water partition coefficient (Wildman–Crippen LogP) is 2.25. The van der Waals surface area contributed by atoms with E-state index in [2.05, 4.69) is 0 Å². The number of hydrogen-bond donors (Lipinski definition) is 2. The van der Waals surface area contributed by atoms with Crippen LogP contribution >= 0.6 is 11.6 Å². The number of halogens is 1. The van der Waals surface area contributed by atoms with Gasteiger partial charge in [-0.05, 0) is 43.5 Å². The van der Waals surface area contributed by atoms with Gasteiger partial charge in [0.15, 0.2) is 0 Å². The summed E-state index contributed by atoms with van der Waals surface area (Å²) in [6.07, 6.45) is 3.11. The normalized spacial score (nSPS) is 22.5. The monoisotopic (exact) mass is 282 g/mol. The molecule has 1 fully saturated rings. The fourth-order valence-electron chi connectivity index (χ4n) is 2.82. The van der Waals surface area contributed by atoms with Crippen molar-refractivity contribution in [1.82, 2.24) is 4.90 Å². The van der Waals surface area contributed by atoms with Gasteiger partial charge in [0, 0.05) is 18.1 Å². The number of hydrogen-bond acceptors (Lipinski definition) is 3. The van der Waals surface area contributed by atoms with E-state index in [9.17, 15) is 9.90 Å². The van der Waals surface area contributed by atoms with Crippen molar-refractivity contribution < 1.29 is 9.90 Å². The second kappa shape index (κ2) is 5.80. The summed E-state index contributed by atoms with van der Waals surface area (Å²) in [6.45, 7) is 0.587. The van der Waals surface area contributed by atoms with Gasteiger partial charge in [0.25, 0.3) is 5.91 Å². The Morgan fingerprint density at radius 2 is 2.26 bits per heavy atom. The van der Waals surface area contributed by atoms with Gasteiger partial charge < -0.3 is 15.7 Å². The molecule has 0 spiro atoms. The first-order chi connectivity index (χ1) is 9.04. The average molecular weight is 283 g/mol. The molecule has 2 rings (SSSR count). The summed E-state index contributed by atoms with van der Waals surface area (Å²) in [4.78, 5) is 14.1. The summed E-state index contributed by atoms with van der Waals surface area (Å²) in [7, 11) is 1.77. The zero-order valence-corrected chi connectivity index (χ0v) is 11.7. The topological polar surface area (TPSA) is 66.6 Å². The summed E-state index contributed by atoms with van der Waals surface area (Å²) in [6, 6.07) is 4.66. The van der Waals surface area contributed by atoms with Gasteiger partial charge in [-0.2, -0.15) is 0 Å². The number of nitrogens with zero attached hydrogens (tertiary/aromatic N) is 1. The molecule has 1 aromatic carbocycles. The highest BCUT2D eigenvalue weighted by Crippen LogP contribution is 2.31. The first kappa shape index (κ1) is 14.2. The predicted molar refractivity (Wildman–Crippen MR) is 75.4 cm³/mol. The lowest BCUT2D eigenvalue weighted by Crippen LogP contribution is -2.41. The highest BCUT2D eigenvalue weighted by molar-refractivity contribution is 6.31. The molecule has 1 aliphatic rings. The van der Waals surface area contributed by atoms with Gasteiger partial charge in [-0.15, -0.1) is 0 Å². The van der Waals surface area contributed by atoms with Gasteiger partial charge in [-0.1, -0.05) is 18.0 Å². The molecule has 0 radical (unpaired) electrons. The molecular formula is C14H19ClN2O2. The van der Waals surface area contributed by atoms with Crippen molar-refractivity contribution in [2.24, 2.45) is 11.7 Å². The van der Waals surface area contributed by atoms with Gasteiger partial charge in [0.2, 0.25) is 0 Å². The summed E-state index contributed by atoms with van der Waals surface area (Å²) >= 11 is 5.88. The first-order valence-electron chi connectivity index (χ1n) is 6.50. The van der Waals surface area contributed by atoms with Crippen molar-refractivity contribution in [2.75, 3.05) is 13.6 Å². The van der Waals surface area contributed by atoms with E-state index >= 15 is 0 Å². The number of phenols is 1. The van der Waals surface area contributed by atoms with Crippen molar-refractivity contribution in [3.05, 3.63) is 28.8 Å². The Hall–Kier alpha value is -1.26. The van der Waals surface area contributed by atoms with Crippen molar-refractivity contribution in [1.29, 1.82) is 0 Å². The van der Waals surface area contributed by atoms with Crippen LogP contribution in [-0.4, -0.2) is 35.5 Å². The number of carbonyl (C=O) groups is 1. The average Bonchev–Trinajstić information content (AvgIpc) is 2.88. The number of amides is 1. The largest absolute Gasteiger partial charge is 0.507 e. The summed E-state index contributed by atoms with van der Waals surface area (Å²) < 4.78 is 0. The van der Waals surface area contributed by atoms with Gasteiger partial charge in [-0.3, -0.25) is 4.79 Å². The van der Waals surface area contributed by atoms with E-state index in [1.807, 2.05) is 0 Å². The van der Waals surface area contributed by atoms with Crippen molar-refractivity contribution in [3.8, 4) is 5.75 Å². The molecular weight excluding hydrogens is 264 g/mol. The maximum absolute atomic E-state index is 12.4. The lowest BCUT2D eigenvalue weighted by Gasteiger charge is -2.29. The first-order valence-corrected chi connectivity index (χ1v) is 6.88. The third kappa shape index (κ3) is 2.85. The molecule has 19 heavy (non-hydrogen) atoms. The van der Waals surface area contributed by atoms with Crippen LogP contribution in [0.1, 0.15) is 29.6 Å². The van der Waals surface area contributed by atoms with Crippen LogP contribution in [0, 0.1) is 5.92 Å². The number of phenolic OH excluding ortho intramolecular Hbond substituents is 1. The van der Waals surface area contributed by atoms with Crippen molar-refractivity contribution in [3.63, 3.8) is 0 Å². The molecule has 0 saturated heterocycles. The highest BCUT2D eigenvalue weighted by Gasteiger charge is 2.32. The minimum absolute atomic E-state index is 0.0384. The summed E-state index contributed by atoms with van der Waals surface area (Å²) in [5.41, 5.74) is 5.99. The van der Waals surface area contributed by atoms with Gasteiger partial charge in [0.1, 0.15) is 5.75 Å². The number of rotatable bonds is 3.